The zero-order chi connectivity index (χ0) is 23.3. The number of nitrogens with zero attached hydrogens (tertiary/aromatic N) is 1. The lowest BCUT2D eigenvalue weighted by Crippen LogP contribution is -2.45. The highest BCUT2D eigenvalue weighted by Crippen LogP contribution is 2.39. The number of hydrogen-bond donors (Lipinski definition) is 1. The second kappa shape index (κ2) is 10.4. The van der Waals surface area contributed by atoms with E-state index in [1.165, 1.54) is 5.56 Å². The second-order valence-corrected chi connectivity index (χ2v) is 10.0. The average molecular weight is 437 g/mol. The molecule has 3 aromatic rings. The van der Waals surface area contributed by atoms with Crippen LogP contribution in [0.25, 0.3) is 22.2 Å². The smallest absolute Gasteiger partial charge is 0.223 e. The van der Waals surface area contributed by atoms with Crippen LogP contribution < -0.4 is 0 Å². The van der Waals surface area contributed by atoms with Crippen LogP contribution in [0, 0.1) is 5.92 Å². The molecule has 2 heterocycles. The molecule has 0 saturated carbocycles. The lowest BCUT2D eigenvalue weighted by atomic mass is 9.79. The summed E-state index contributed by atoms with van der Waals surface area (Å²) in [7, 11) is 0. The van der Waals surface area contributed by atoms with Crippen molar-refractivity contribution in [3.05, 3.63) is 48.4 Å². The van der Waals surface area contributed by atoms with Crippen LogP contribution in [0.3, 0.4) is 0 Å². The van der Waals surface area contributed by atoms with Crippen molar-refractivity contribution in [1.29, 1.82) is 0 Å². The summed E-state index contributed by atoms with van der Waals surface area (Å²) in [6.45, 7) is 14.1. The number of H-pyrrole nitrogens is 1. The van der Waals surface area contributed by atoms with Gasteiger partial charge in [-0.25, -0.2) is 0 Å². The van der Waals surface area contributed by atoms with Gasteiger partial charge >= 0.3 is 0 Å². The number of hydrogen-bond acceptors (Lipinski definition) is 2. The number of carbonyl (C=O) groups excluding carboxylic acids is 1. The highest BCUT2D eigenvalue weighted by Gasteiger charge is 2.33. The number of fused-ring (bicyclic) bond motifs is 1. The molecular weight excluding hydrogens is 396 g/mol. The van der Waals surface area contributed by atoms with Crippen LogP contribution in [0.15, 0.2) is 47.2 Å². The first-order valence-corrected chi connectivity index (χ1v) is 12.2. The molecule has 0 aliphatic heterocycles. The summed E-state index contributed by atoms with van der Waals surface area (Å²) in [6.07, 6.45) is 8.66. The minimum Gasteiger partial charge on any atom is -0.464 e. The van der Waals surface area contributed by atoms with Crippen molar-refractivity contribution < 1.29 is 9.21 Å². The van der Waals surface area contributed by atoms with Crippen LogP contribution in [-0.2, 0) is 10.2 Å². The monoisotopic (exact) mass is 436 g/mol. The molecule has 0 fully saturated rings. The molecule has 1 atom stereocenters. The Morgan fingerprint density at radius 1 is 1.12 bits per heavy atom. The van der Waals surface area contributed by atoms with Crippen LogP contribution in [0.1, 0.15) is 79.2 Å². The first-order valence-electron chi connectivity index (χ1n) is 12.2. The number of aromatic amines is 1. The number of furan rings is 1. The Hall–Kier alpha value is -2.49. The van der Waals surface area contributed by atoms with Gasteiger partial charge in [0.25, 0.3) is 0 Å². The van der Waals surface area contributed by atoms with Gasteiger partial charge in [-0.1, -0.05) is 66.5 Å². The standard InChI is InChI=1S/C28H40N2O2/c1-7-9-14-24(20(3)4)30(16-8-2)26(31)18-28(5,6)22-19-29-23-13-10-12-21(27(22)23)25-15-11-17-32-25/h10-13,15,17,19-20,24,29H,7-9,14,16,18H2,1-6H3. The summed E-state index contributed by atoms with van der Waals surface area (Å²) in [4.78, 5) is 19.3. The predicted molar refractivity (Wildman–Crippen MR) is 134 cm³/mol. The van der Waals surface area contributed by atoms with E-state index in [9.17, 15) is 4.79 Å². The second-order valence-electron chi connectivity index (χ2n) is 10.0. The molecule has 0 aliphatic carbocycles. The van der Waals surface area contributed by atoms with E-state index in [1.54, 1.807) is 6.26 Å². The fraction of sp³-hybridized carbons (Fsp3) is 0.536. The lowest BCUT2D eigenvalue weighted by Gasteiger charge is -2.37. The van der Waals surface area contributed by atoms with Crippen LogP contribution in [0.2, 0.25) is 0 Å². The van der Waals surface area contributed by atoms with Crippen LogP contribution in [-0.4, -0.2) is 28.4 Å². The Bertz CT molecular complexity index is 998. The summed E-state index contributed by atoms with van der Waals surface area (Å²) in [5.41, 5.74) is 3.00. The lowest BCUT2D eigenvalue weighted by molar-refractivity contribution is -0.136. The Balaban J connectivity index is 1.94. The largest absolute Gasteiger partial charge is 0.464 e. The fourth-order valence-corrected chi connectivity index (χ4v) is 4.91. The van der Waals surface area contributed by atoms with Crippen molar-refractivity contribution in [3.63, 3.8) is 0 Å². The van der Waals surface area contributed by atoms with Gasteiger partial charge in [-0.05, 0) is 42.5 Å². The van der Waals surface area contributed by atoms with Gasteiger partial charge in [-0.15, -0.1) is 0 Å². The Morgan fingerprint density at radius 3 is 2.53 bits per heavy atom. The first kappa shape index (κ1) is 24.2. The number of unbranched alkanes of at least 4 members (excludes halogenated alkanes) is 1. The third-order valence-electron chi connectivity index (χ3n) is 6.62. The predicted octanol–water partition coefficient (Wildman–Crippen LogP) is 7.55. The van der Waals surface area contributed by atoms with E-state index in [0.717, 1.165) is 54.5 Å². The van der Waals surface area contributed by atoms with Crippen molar-refractivity contribution in [2.24, 2.45) is 5.92 Å². The molecule has 174 valence electrons. The summed E-state index contributed by atoms with van der Waals surface area (Å²) in [5.74, 6) is 1.57. The number of aromatic nitrogens is 1. The average Bonchev–Trinajstić information content (AvgIpc) is 3.42. The zero-order valence-electron chi connectivity index (χ0n) is 20.7. The van der Waals surface area contributed by atoms with Crippen LogP contribution in [0.4, 0.5) is 0 Å². The van der Waals surface area contributed by atoms with Gasteiger partial charge in [0, 0.05) is 47.1 Å². The van der Waals surface area contributed by atoms with Gasteiger partial charge < -0.3 is 14.3 Å². The summed E-state index contributed by atoms with van der Waals surface area (Å²) in [5, 5.41) is 1.15. The topological polar surface area (TPSA) is 49.2 Å². The van der Waals surface area contributed by atoms with E-state index in [-0.39, 0.29) is 11.3 Å². The van der Waals surface area contributed by atoms with E-state index in [0.29, 0.717) is 18.4 Å². The van der Waals surface area contributed by atoms with Crippen molar-refractivity contribution in [2.45, 2.75) is 85.1 Å². The molecule has 4 heteroatoms. The quantitative estimate of drug-likeness (QED) is 0.337. The van der Waals surface area contributed by atoms with Crippen molar-refractivity contribution >= 4 is 16.8 Å². The molecule has 1 aromatic carbocycles. The third-order valence-corrected chi connectivity index (χ3v) is 6.62. The van der Waals surface area contributed by atoms with Crippen LogP contribution >= 0.6 is 0 Å². The van der Waals surface area contributed by atoms with E-state index in [4.69, 9.17) is 4.42 Å². The van der Waals surface area contributed by atoms with Gasteiger partial charge in [0.2, 0.25) is 5.91 Å². The SMILES string of the molecule is CCCCC(C(C)C)N(CCC)C(=O)CC(C)(C)c1c[nH]c2cccc(-c3ccco3)c12. The van der Waals surface area contributed by atoms with Gasteiger partial charge in [-0.3, -0.25) is 4.79 Å². The van der Waals surface area contributed by atoms with E-state index < -0.39 is 0 Å². The van der Waals surface area contributed by atoms with E-state index >= 15 is 0 Å². The van der Waals surface area contributed by atoms with Gasteiger partial charge in [0.15, 0.2) is 0 Å². The zero-order valence-corrected chi connectivity index (χ0v) is 20.7. The van der Waals surface area contributed by atoms with Gasteiger partial charge in [0.1, 0.15) is 5.76 Å². The Kier molecular flexibility index (Phi) is 7.86. The number of amides is 1. The van der Waals surface area contributed by atoms with Crippen molar-refractivity contribution in [2.75, 3.05) is 6.54 Å². The minimum absolute atomic E-state index is 0.261. The van der Waals surface area contributed by atoms with Crippen molar-refractivity contribution in [1.82, 2.24) is 9.88 Å². The normalized spacial score (nSPS) is 13.1. The fourth-order valence-electron chi connectivity index (χ4n) is 4.91. The molecule has 32 heavy (non-hydrogen) atoms. The molecule has 1 unspecified atom stereocenters. The van der Waals surface area contributed by atoms with Crippen LogP contribution in [0.5, 0.6) is 0 Å². The molecule has 1 amide bonds. The molecule has 0 radical (unpaired) electrons. The molecule has 3 rings (SSSR count). The molecule has 0 aliphatic rings. The summed E-state index contributed by atoms with van der Waals surface area (Å²) >= 11 is 0. The van der Waals surface area contributed by atoms with E-state index in [1.807, 2.05) is 18.2 Å². The minimum atomic E-state index is -0.309. The molecular formula is C28H40N2O2. The maximum atomic E-state index is 13.7. The molecule has 0 saturated heterocycles. The molecule has 1 N–H and O–H groups in total. The number of rotatable bonds is 11. The molecule has 0 bridgehead atoms. The first-order chi connectivity index (χ1) is 15.3. The number of carbonyl (C=O) groups is 1. The highest BCUT2D eigenvalue weighted by atomic mass is 16.3. The Morgan fingerprint density at radius 2 is 1.91 bits per heavy atom. The number of nitrogens with one attached hydrogen (secondary N) is 1. The molecule has 4 nitrogen and oxygen atoms in total. The maximum Gasteiger partial charge on any atom is 0.223 e. The molecule has 0 spiro atoms. The summed E-state index contributed by atoms with van der Waals surface area (Å²) in [6, 6.07) is 10.4. The number of benzene rings is 1. The molecule has 2 aromatic heterocycles. The van der Waals surface area contributed by atoms with Gasteiger partial charge in [0.05, 0.1) is 6.26 Å². The van der Waals surface area contributed by atoms with Gasteiger partial charge in [-0.2, -0.15) is 0 Å². The van der Waals surface area contributed by atoms with E-state index in [2.05, 4.69) is 69.8 Å². The van der Waals surface area contributed by atoms with Crippen molar-refractivity contribution in [3.8, 4) is 11.3 Å². The Labute approximate surface area is 193 Å². The summed E-state index contributed by atoms with van der Waals surface area (Å²) < 4.78 is 5.72. The third kappa shape index (κ3) is 5.11. The maximum absolute atomic E-state index is 13.7. The highest BCUT2D eigenvalue weighted by molar-refractivity contribution is 5.97.